The summed E-state index contributed by atoms with van der Waals surface area (Å²) in [5.74, 6) is 0. The molecule has 0 aliphatic heterocycles. The molecule has 0 spiro atoms. The van der Waals surface area contributed by atoms with E-state index in [4.69, 9.17) is 0 Å². The van der Waals surface area contributed by atoms with Crippen molar-refractivity contribution in [3.05, 3.63) is 36.7 Å². The molecule has 1 aromatic heterocycles. The van der Waals surface area contributed by atoms with Crippen LogP contribution in [0.3, 0.4) is 0 Å². The van der Waals surface area contributed by atoms with E-state index in [1.165, 1.54) is 0 Å². The van der Waals surface area contributed by atoms with E-state index in [0.717, 1.165) is 5.69 Å². The molecule has 1 heterocycles. The predicted molar refractivity (Wildman–Crippen MR) is 39.2 cm³/mol. The molecule has 0 N–H and O–H groups in total. The minimum atomic E-state index is 0. The van der Waals surface area contributed by atoms with E-state index in [-0.39, 0.29) is 22.4 Å². The van der Waals surface area contributed by atoms with Crippen molar-refractivity contribution in [2.24, 2.45) is 0 Å². The Morgan fingerprint density at radius 2 is 1.83 bits per heavy atom. The molecule has 0 unspecified atom stereocenters. The van der Waals surface area contributed by atoms with E-state index >= 15 is 0 Å². The molecular formula is C7H6AgN4. The van der Waals surface area contributed by atoms with Crippen molar-refractivity contribution in [3.8, 4) is 5.69 Å². The number of para-hydroxylation sites is 1. The summed E-state index contributed by atoms with van der Waals surface area (Å²) in [5.41, 5.74) is 0.970. The maximum absolute atomic E-state index is 3.74. The van der Waals surface area contributed by atoms with Crippen LogP contribution in [0.1, 0.15) is 0 Å². The van der Waals surface area contributed by atoms with Gasteiger partial charge in [-0.3, -0.25) is 0 Å². The predicted octanol–water partition coefficient (Wildman–Crippen LogP) is 0.660. The van der Waals surface area contributed by atoms with Crippen LogP contribution < -0.4 is 0 Å². The fraction of sp³-hybridized carbons (Fsp3) is 0. The van der Waals surface area contributed by atoms with E-state index in [1.54, 1.807) is 11.0 Å². The third-order valence-electron chi connectivity index (χ3n) is 1.37. The molecule has 0 bridgehead atoms. The Kier molecular flexibility index (Phi) is 3.16. The van der Waals surface area contributed by atoms with Crippen LogP contribution in [0, 0.1) is 0 Å². The summed E-state index contributed by atoms with van der Waals surface area (Å²) in [4.78, 5) is 0. The zero-order valence-corrected chi connectivity index (χ0v) is 7.54. The van der Waals surface area contributed by atoms with E-state index in [0.29, 0.717) is 0 Å². The zero-order chi connectivity index (χ0) is 7.52. The molecular weight excluding hydrogens is 248 g/mol. The number of hydrogen-bond donors (Lipinski definition) is 0. The van der Waals surface area contributed by atoms with Crippen molar-refractivity contribution >= 4 is 0 Å². The Balaban J connectivity index is 0.000000720. The number of rotatable bonds is 1. The maximum atomic E-state index is 3.74. The number of nitrogens with zero attached hydrogens (tertiary/aromatic N) is 4. The van der Waals surface area contributed by atoms with Gasteiger partial charge in [-0.2, -0.15) is 0 Å². The number of benzene rings is 1. The minimum Gasteiger partial charge on any atom is -0.201 e. The van der Waals surface area contributed by atoms with E-state index in [2.05, 4.69) is 15.5 Å². The second-order valence-corrected chi connectivity index (χ2v) is 2.09. The van der Waals surface area contributed by atoms with Crippen molar-refractivity contribution in [1.82, 2.24) is 20.2 Å². The van der Waals surface area contributed by atoms with Crippen molar-refractivity contribution in [1.29, 1.82) is 0 Å². The van der Waals surface area contributed by atoms with Gasteiger partial charge in [-0.05, 0) is 22.6 Å². The summed E-state index contributed by atoms with van der Waals surface area (Å²) in [6, 6.07) is 9.72. The fourth-order valence-electron chi connectivity index (χ4n) is 0.860. The fourth-order valence-corrected chi connectivity index (χ4v) is 0.860. The van der Waals surface area contributed by atoms with Crippen LogP contribution in [0.15, 0.2) is 36.7 Å². The molecule has 0 amide bonds. The smallest absolute Gasteiger partial charge is 0.143 e. The van der Waals surface area contributed by atoms with Crippen molar-refractivity contribution in [2.75, 3.05) is 0 Å². The van der Waals surface area contributed by atoms with Crippen LogP contribution in [0.4, 0.5) is 0 Å². The van der Waals surface area contributed by atoms with Gasteiger partial charge in [-0.1, -0.05) is 18.2 Å². The third-order valence-corrected chi connectivity index (χ3v) is 1.37. The molecule has 1 radical (unpaired) electrons. The van der Waals surface area contributed by atoms with Crippen LogP contribution >= 0.6 is 0 Å². The Morgan fingerprint density at radius 1 is 1.08 bits per heavy atom. The average molecular weight is 254 g/mol. The SMILES string of the molecule is [Ag].c1ccc(-n2cnnn2)cc1. The molecule has 4 nitrogen and oxygen atoms in total. The number of hydrogen-bond acceptors (Lipinski definition) is 3. The van der Waals surface area contributed by atoms with Gasteiger partial charge in [0.05, 0.1) is 5.69 Å². The first kappa shape index (κ1) is 9.12. The van der Waals surface area contributed by atoms with Crippen LogP contribution in [0.5, 0.6) is 0 Å². The van der Waals surface area contributed by atoms with Gasteiger partial charge in [0.25, 0.3) is 0 Å². The van der Waals surface area contributed by atoms with Crippen LogP contribution in [0.2, 0.25) is 0 Å². The standard InChI is InChI=1S/C7H6N4.Ag/c1-2-4-7(5-3-1)11-6-8-9-10-11;/h1-6H;. The molecule has 0 atom stereocenters. The van der Waals surface area contributed by atoms with E-state index in [1.807, 2.05) is 30.3 Å². The first-order valence-electron chi connectivity index (χ1n) is 3.25. The van der Waals surface area contributed by atoms with E-state index < -0.39 is 0 Å². The van der Waals surface area contributed by atoms with Crippen LogP contribution in [-0.2, 0) is 22.4 Å². The molecule has 0 fully saturated rings. The molecule has 65 valence electrons. The molecule has 2 rings (SSSR count). The second kappa shape index (κ2) is 4.16. The van der Waals surface area contributed by atoms with Gasteiger partial charge in [-0.25, -0.2) is 4.68 Å². The Bertz CT molecular complexity index is 318. The van der Waals surface area contributed by atoms with Gasteiger partial charge in [-0.15, -0.1) is 5.10 Å². The number of tetrazole rings is 1. The van der Waals surface area contributed by atoms with Gasteiger partial charge >= 0.3 is 0 Å². The van der Waals surface area contributed by atoms with Crippen LogP contribution in [-0.4, -0.2) is 20.2 Å². The second-order valence-electron chi connectivity index (χ2n) is 2.09. The van der Waals surface area contributed by atoms with Gasteiger partial charge in [0.1, 0.15) is 6.33 Å². The summed E-state index contributed by atoms with van der Waals surface area (Å²) in [6.07, 6.45) is 1.56. The Hall–Kier alpha value is -0.970. The zero-order valence-electron chi connectivity index (χ0n) is 6.05. The van der Waals surface area contributed by atoms with Gasteiger partial charge < -0.3 is 0 Å². The molecule has 0 aliphatic carbocycles. The summed E-state index contributed by atoms with van der Waals surface area (Å²) >= 11 is 0. The van der Waals surface area contributed by atoms with Crippen molar-refractivity contribution < 1.29 is 22.4 Å². The maximum Gasteiger partial charge on any atom is 0.143 e. The molecule has 5 heteroatoms. The molecule has 0 saturated heterocycles. The van der Waals surface area contributed by atoms with Gasteiger partial charge in [0.15, 0.2) is 0 Å². The summed E-state index contributed by atoms with van der Waals surface area (Å²) in [5, 5.41) is 10.8. The molecule has 0 aliphatic rings. The normalized spacial score (nSPS) is 9.00. The molecule has 12 heavy (non-hydrogen) atoms. The minimum absolute atomic E-state index is 0. The van der Waals surface area contributed by atoms with E-state index in [9.17, 15) is 0 Å². The van der Waals surface area contributed by atoms with Gasteiger partial charge in [0.2, 0.25) is 0 Å². The Morgan fingerprint density at radius 3 is 2.42 bits per heavy atom. The molecule has 0 saturated carbocycles. The summed E-state index contributed by atoms with van der Waals surface area (Å²) in [6.45, 7) is 0. The monoisotopic (exact) mass is 253 g/mol. The third kappa shape index (κ3) is 1.79. The van der Waals surface area contributed by atoms with Crippen LogP contribution in [0.25, 0.3) is 5.69 Å². The first-order valence-corrected chi connectivity index (χ1v) is 3.25. The van der Waals surface area contributed by atoms with Gasteiger partial charge in [0, 0.05) is 22.4 Å². The topological polar surface area (TPSA) is 43.6 Å². The first-order chi connectivity index (χ1) is 5.47. The largest absolute Gasteiger partial charge is 0.201 e. The van der Waals surface area contributed by atoms with Crippen molar-refractivity contribution in [3.63, 3.8) is 0 Å². The Labute approximate surface area is 85.1 Å². The molecule has 2 aromatic rings. The summed E-state index contributed by atoms with van der Waals surface area (Å²) < 4.78 is 1.61. The summed E-state index contributed by atoms with van der Waals surface area (Å²) in [7, 11) is 0. The average Bonchev–Trinajstić information content (AvgIpc) is 2.58. The number of aromatic nitrogens is 4. The van der Waals surface area contributed by atoms with Crippen molar-refractivity contribution in [2.45, 2.75) is 0 Å². The quantitative estimate of drug-likeness (QED) is 0.702. The molecule has 1 aromatic carbocycles.